The van der Waals surface area contributed by atoms with Gasteiger partial charge in [0.2, 0.25) is 6.79 Å². The van der Waals surface area contributed by atoms with E-state index in [1.54, 1.807) is 62.4 Å². The molecule has 1 atom stereocenters. The van der Waals surface area contributed by atoms with E-state index < -0.39 is 18.0 Å². The van der Waals surface area contributed by atoms with E-state index in [0.717, 1.165) is 5.56 Å². The fraction of sp³-hybridized carbons (Fsp3) is 0.231. The Morgan fingerprint density at radius 3 is 2.61 bits per heavy atom. The summed E-state index contributed by atoms with van der Waals surface area (Å²) in [5.41, 5.74) is 2.28. The molecule has 0 fully saturated rings. The van der Waals surface area contributed by atoms with E-state index in [2.05, 4.69) is 4.99 Å². The van der Waals surface area contributed by atoms with Gasteiger partial charge in [0.05, 0.1) is 41.1 Å². The first-order chi connectivity index (χ1) is 17.4. The average molecular weight is 507 g/mol. The van der Waals surface area contributed by atoms with Crippen LogP contribution in [0.1, 0.15) is 41.4 Å². The minimum atomic E-state index is -0.751. The molecule has 0 radical (unpaired) electrons. The van der Waals surface area contributed by atoms with E-state index in [0.29, 0.717) is 37.7 Å². The van der Waals surface area contributed by atoms with Gasteiger partial charge in [0.15, 0.2) is 16.3 Å². The first-order valence-corrected chi connectivity index (χ1v) is 12.0. The van der Waals surface area contributed by atoms with Gasteiger partial charge in [-0.15, -0.1) is 0 Å². The number of hydrogen-bond acceptors (Lipinski definition) is 9. The molecule has 0 amide bonds. The Bertz CT molecular complexity index is 1580. The van der Waals surface area contributed by atoms with Crippen LogP contribution in [0.5, 0.6) is 11.5 Å². The number of carbonyl (C=O) groups is 2. The van der Waals surface area contributed by atoms with Crippen molar-refractivity contribution in [3.05, 3.63) is 90.1 Å². The first-order valence-electron chi connectivity index (χ1n) is 11.2. The van der Waals surface area contributed by atoms with Crippen LogP contribution in [0.3, 0.4) is 0 Å². The number of ether oxygens (including phenoxy) is 4. The normalized spacial score (nSPS) is 16.4. The van der Waals surface area contributed by atoms with Crippen LogP contribution in [-0.4, -0.2) is 37.0 Å². The van der Waals surface area contributed by atoms with Gasteiger partial charge in [0.1, 0.15) is 0 Å². The zero-order valence-corrected chi connectivity index (χ0v) is 20.6. The Kier molecular flexibility index (Phi) is 6.19. The van der Waals surface area contributed by atoms with Gasteiger partial charge in [-0.3, -0.25) is 9.36 Å². The van der Waals surface area contributed by atoms with E-state index in [1.165, 1.54) is 23.0 Å². The standard InChI is InChI=1S/C26H22N2O7S/c1-4-33-25(31)21-14(2)27-26-28(22(21)17-9-10-18-19(12-17)35-13-34-18)23(29)20(36-26)11-15-5-7-16(8-6-15)24(30)32-3/h5-12,22H,4,13H2,1-3H3/b20-11-/t22-/m1/s1. The van der Waals surface area contributed by atoms with Crippen molar-refractivity contribution < 1.29 is 28.5 Å². The second kappa shape index (κ2) is 9.46. The van der Waals surface area contributed by atoms with Crippen molar-refractivity contribution >= 4 is 29.4 Å². The lowest BCUT2D eigenvalue weighted by molar-refractivity contribution is -0.139. The molecule has 3 heterocycles. The summed E-state index contributed by atoms with van der Waals surface area (Å²) in [5.74, 6) is 0.166. The number of nitrogens with zero attached hydrogens (tertiary/aromatic N) is 2. The van der Waals surface area contributed by atoms with Crippen LogP contribution in [0.15, 0.2) is 63.5 Å². The van der Waals surface area contributed by atoms with Gasteiger partial charge in [0.25, 0.3) is 5.56 Å². The highest BCUT2D eigenvalue weighted by Crippen LogP contribution is 2.38. The molecule has 0 spiro atoms. The molecule has 5 rings (SSSR count). The predicted octanol–water partition coefficient (Wildman–Crippen LogP) is 2.31. The predicted molar refractivity (Wildman–Crippen MR) is 131 cm³/mol. The summed E-state index contributed by atoms with van der Waals surface area (Å²) in [5, 5.41) is 0. The highest BCUT2D eigenvalue weighted by atomic mass is 32.1. The zero-order valence-electron chi connectivity index (χ0n) is 19.8. The molecule has 0 saturated carbocycles. The summed E-state index contributed by atoms with van der Waals surface area (Å²) in [6, 6.07) is 11.3. The number of aromatic nitrogens is 1. The number of thiazole rings is 1. The lowest BCUT2D eigenvalue weighted by Crippen LogP contribution is -2.39. The van der Waals surface area contributed by atoms with Gasteiger partial charge in [-0.25, -0.2) is 14.6 Å². The van der Waals surface area contributed by atoms with Crippen LogP contribution in [0.4, 0.5) is 0 Å². The van der Waals surface area contributed by atoms with Gasteiger partial charge in [-0.1, -0.05) is 29.5 Å². The van der Waals surface area contributed by atoms with Crippen molar-refractivity contribution in [1.82, 2.24) is 4.57 Å². The number of hydrogen-bond donors (Lipinski definition) is 0. The van der Waals surface area contributed by atoms with Gasteiger partial charge < -0.3 is 18.9 Å². The van der Waals surface area contributed by atoms with Crippen molar-refractivity contribution in [3.8, 4) is 11.5 Å². The molecule has 0 aliphatic carbocycles. The molecule has 1 aromatic heterocycles. The van der Waals surface area contributed by atoms with Gasteiger partial charge in [-0.05, 0) is 55.3 Å². The Balaban J connectivity index is 1.66. The van der Waals surface area contributed by atoms with Crippen LogP contribution in [0.2, 0.25) is 0 Å². The second-order valence-corrected chi connectivity index (χ2v) is 9.04. The summed E-state index contributed by atoms with van der Waals surface area (Å²) < 4.78 is 23.0. The van der Waals surface area contributed by atoms with Crippen molar-refractivity contribution in [3.63, 3.8) is 0 Å². The van der Waals surface area contributed by atoms with E-state index in [4.69, 9.17) is 18.9 Å². The maximum atomic E-state index is 13.7. The summed E-state index contributed by atoms with van der Waals surface area (Å²) in [4.78, 5) is 43.4. The van der Waals surface area contributed by atoms with E-state index in [1.807, 2.05) is 0 Å². The van der Waals surface area contributed by atoms with Crippen LogP contribution < -0.4 is 24.4 Å². The highest BCUT2D eigenvalue weighted by molar-refractivity contribution is 7.07. The molecular weight excluding hydrogens is 484 g/mol. The van der Waals surface area contributed by atoms with Gasteiger partial charge in [0, 0.05) is 0 Å². The summed E-state index contributed by atoms with van der Waals surface area (Å²) in [6.07, 6.45) is 1.73. The Labute approximate surface area is 209 Å². The van der Waals surface area contributed by atoms with Crippen LogP contribution in [-0.2, 0) is 14.3 Å². The lowest BCUT2D eigenvalue weighted by atomic mass is 9.95. The van der Waals surface area contributed by atoms with E-state index in [-0.39, 0.29) is 24.5 Å². The SMILES string of the molecule is CCOC(=O)C1=C(C)N=c2s/c(=C\c3ccc(C(=O)OC)cc3)c(=O)n2[C@@H]1c1ccc2c(c1)OCO2. The summed E-state index contributed by atoms with van der Waals surface area (Å²) in [7, 11) is 1.32. The molecule has 0 bridgehead atoms. The number of fused-ring (bicyclic) bond motifs is 2. The number of benzene rings is 2. The summed E-state index contributed by atoms with van der Waals surface area (Å²) in [6.45, 7) is 3.75. The van der Waals surface area contributed by atoms with Crippen LogP contribution in [0, 0.1) is 0 Å². The lowest BCUT2D eigenvalue weighted by Gasteiger charge is -2.24. The molecule has 0 N–H and O–H groups in total. The van der Waals surface area contributed by atoms with Crippen molar-refractivity contribution in [2.75, 3.05) is 20.5 Å². The number of carbonyl (C=O) groups excluding carboxylic acids is 2. The fourth-order valence-corrected chi connectivity index (χ4v) is 5.22. The smallest absolute Gasteiger partial charge is 0.338 e. The van der Waals surface area contributed by atoms with Crippen molar-refractivity contribution in [2.45, 2.75) is 19.9 Å². The Hall–Kier alpha value is -4.18. The molecule has 36 heavy (non-hydrogen) atoms. The third kappa shape index (κ3) is 4.09. The number of esters is 2. The fourth-order valence-electron chi connectivity index (χ4n) is 4.17. The van der Waals surface area contributed by atoms with Gasteiger partial charge in [-0.2, -0.15) is 0 Å². The van der Waals surface area contributed by atoms with E-state index in [9.17, 15) is 14.4 Å². The molecule has 184 valence electrons. The average Bonchev–Trinajstić information content (AvgIpc) is 3.47. The highest BCUT2D eigenvalue weighted by Gasteiger charge is 2.34. The van der Waals surface area contributed by atoms with Crippen LogP contribution >= 0.6 is 11.3 Å². The largest absolute Gasteiger partial charge is 0.465 e. The maximum Gasteiger partial charge on any atom is 0.338 e. The molecule has 2 aromatic carbocycles. The molecule has 2 aliphatic rings. The second-order valence-electron chi connectivity index (χ2n) is 8.03. The quantitative estimate of drug-likeness (QED) is 0.489. The Morgan fingerprint density at radius 2 is 1.89 bits per heavy atom. The topological polar surface area (TPSA) is 105 Å². The molecule has 10 heteroatoms. The molecular formula is C26H22N2O7S. The molecule has 9 nitrogen and oxygen atoms in total. The minimum absolute atomic E-state index is 0.107. The number of rotatable bonds is 5. The van der Waals surface area contributed by atoms with Crippen molar-refractivity contribution in [2.24, 2.45) is 4.99 Å². The van der Waals surface area contributed by atoms with Crippen LogP contribution in [0.25, 0.3) is 6.08 Å². The van der Waals surface area contributed by atoms with E-state index >= 15 is 0 Å². The molecule has 2 aliphatic heterocycles. The number of methoxy groups -OCH3 is 1. The number of allylic oxidation sites excluding steroid dienone is 1. The Morgan fingerprint density at radius 1 is 1.14 bits per heavy atom. The molecule has 0 unspecified atom stereocenters. The third-order valence-electron chi connectivity index (χ3n) is 5.86. The molecule has 3 aromatic rings. The van der Waals surface area contributed by atoms with Crippen molar-refractivity contribution in [1.29, 1.82) is 0 Å². The molecule has 0 saturated heterocycles. The summed E-state index contributed by atoms with van der Waals surface area (Å²) >= 11 is 1.22. The minimum Gasteiger partial charge on any atom is -0.465 e. The zero-order chi connectivity index (χ0) is 25.4. The maximum absolute atomic E-state index is 13.7. The monoisotopic (exact) mass is 506 g/mol. The van der Waals surface area contributed by atoms with Gasteiger partial charge >= 0.3 is 11.9 Å². The third-order valence-corrected chi connectivity index (χ3v) is 6.84. The first kappa shape index (κ1) is 23.6.